The van der Waals surface area contributed by atoms with Crippen molar-refractivity contribution in [3.05, 3.63) is 47.5 Å². The van der Waals surface area contributed by atoms with Gasteiger partial charge in [-0.15, -0.1) is 0 Å². The molecule has 2 aromatic carbocycles. The number of nitrogens with one attached hydrogen (secondary N) is 2. The minimum atomic E-state index is -1.47. The molecule has 2 aliphatic heterocycles. The molecule has 3 N–H and O–H groups in total. The lowest BCUT2D eigenvalue weighted by Crippen LogP contribution is -2.54. The van der Waals surface area contributed by atoms with Crippen molar-refractivity contribution in [2.24, 2.45) is 11.8 Å². The number of alkyl carbamates (subject to hydrolysis) is 2. The number of amides is 4. The van der Waals surface area contributed by atoms with Crippen molar-refractivity contribution in [3.8, 4) is 11.1 Å². The molecule has 0 aliphatic carbocycles. The highest BCUT2D eigenvalue weighted by Gasteiger charge is 2.41. The van der Waals surface area contributed by atoms with E-state index in [0.717, 1.165) is 11.7 Å². The van der Waals surface area contributed by atoms with Gasteiger partial charge in [-0.05, 0) is 49.1 Å². The second-order valence-electron chi connectivity index (χ2n) is 15.0. The van der Waals surface area contributed by atoms with Crippen LogP contribution in [0.3, 0.4) is 0 Å². The average Bonchev–Trinajstić information content (AvgIpc) is 4.04. The Bertz CT molecular complexity index is 2040. The number of carbonyl (C=O) groups is 7. The summed E-state index contributed by atoms with van der Waals surface area (Å²) >= 11 is 0.911. The first kappa shape index (κ1) is 44.6. The summed E-state index contributed by atoms with van der Waals surface area (Å²) in [6, 6.07) is 6.42. The summed E-state index contributed by atoms with van der Waals surface area (Å²) in [5, 5.41) is 16.0. The molecular formula is C40H50N6O12S. The number of carbonyl (C=O) groups excluding carboxylic acids is 7. The van der Waals surface area contributed by atoms with Gasteiger partial charge in [0.2, 0.25) is 11.8 Å². The number of aliphatic hydroxyl groups excluding tert-OH is 1. The number of Topliss-reactive ketones (excluding diaryl/α,β-unsaturated/α-hetero) is 2. The number of ether oxygens (including phenoxy) is 4. The number of aromatic nitrogens is 2. The van der Waals surface area contributed by atoms with Crippen LogP contribution in [-0.2, 0) is 33.3 Å². The summed E-state index contributed by atoms with van der Waals surface area (Å²) < 4.78 is 29.0. The van der Waals surface area contributed by atoms with Gasteiger partial charge in [-0.1, -0.05) is 58.0 Å². The van der Waals surface area contributed by atoms with Gasteiger partial charge >= 0.3 is 18.2 Å². The van der Waals surface area contributed by atoms with Gasteiger partial charge < -0.3 is 44.5 Å². The number of methoxy groups -OCH3 is 2. The largest absolute Gasteiger partial charge is 0.456 e. The van der Waals surface area contributed by atoms with Gasteiger partial charge in [0, 0.05) is 29.8 Å². The van der Waals surface area contributed by atoms with E-state index >= 15 is 0 Å². The maximum Gasteiger partial charge on any atom is 0.407 e. The number of nitrogens with zero attached hydrogens (tertiary/aromatic N) is 4. The van der Waals surface area contributed by atoms with Gasteiger partial charge in [-0.3, -0.25) is 19.2 Å². The third-order valence-corrected chi connectivity index (χ3v) is 11.0. The summed E-state index contributed by atoms with van der Waals surface area (Å²) in [5.41, 5.74) is 2.59. The summed E-state index contributed by atoms with van der Waals surface area (Å²) in [6.07, 6.45) is -1.02. The predicted octanol–water partition coefficient (Wildman–Crippen LogP) is 3.35. The molecule has 0 bridgehead atoms. The topological polar surface area (TPSA) is 233 Å². The monoisotopic (exact) mass is 838 g/mol. The van der Waals surface area contributed by atoms with E-state index in [2.05, 4.69) is 28.9 Å². The van der Waals surface area contributed by atoms with Crippen LogP contribution in [-0.4, -0.2) is 136 Å². The highest BCUT2D eigenvalue weighted by molar-refractivity contribution is 7.00. The fourth-order valence-corrected chi connectivity index (χ4v) is 7.79. The molecule has 0 spiro atoms. The molecule has 2 aliphatic rings. The van der Waals surface area contributed by atoms with Crippen LogP contribution in [0.4, 0.5) is 9.59 Å². The number of aliphatic hydroxyl groups is 1. The van der Waals surface area contributed by atoms with Crippen molar-refractivity contribution < 1.29 is 57.6 Å². The van der Waals surface area contributed by atoms with Gasteiger partial charge in [0.25, 0.3) is 0 Å². The summed E-state index contributed by atoms with van der Waals surface area (Å²) in [7, 11) is 2.40. The Morgan fingerprint density at radius 3 is 1.95 bits per heavy atom. The maximum atomic E-state index is 13.4. The fourth-order valence-electron chi connectivity index (χ4n) is 7.22. The molecule has 2 fully saturated rings. The molecule has 3 aromatic rings. The van der Waals surface area contributed by atoms with Crippen LogP contribution < -0.4 is 10.6 Å². The van der Waals surface area contributed by atoms with E-state index in [1.54, 1.807) is 64.1 Å². The molecule has 3 heterocycles. The molecule has 4 amide bonds. The van der Waals surface area contributed by atoms with Crippen molar-refractivity contribution in [1.82, 2.24) is 29.2 Å². The molecule has 0 saturated carbocycles. The Labute approximate surface area is 345 Å². The van der Waals surface area contributed by atoms with E-state index in [9.17, 15) is 38.7 Å². The number of rotatable bonds is 16. The lowest BCUT2D eigenvalue weighted by molar-refractivity contribution is -0.154. The standard InChI is InChI=1S/C40H50N6O12S/c1-21(2)31(41-39(53)55-5)35(49)45-17-7-9-27(45)37(51)57-19-29(47)24-13-11-23(12-14-24)25-15-16-26(34-33(25)43-59-44-34)30(48)20-58-38(52)28-10-8-18-46(28)36(50)32(22(3)4)42-40(54)56-6/h11-16,21-22,27-28,31-32,38,52H,7-10,17-20H2,1-6H3,(H,41,53)(H,42,54). The normalized spacial score (nSPS) is 18.1. The molecule has 59 heavy (non-hydrogen) atoms. The van der Waals surface area contributed by atoms with Crippen LogP contribution in [0, 0.1) is 11.8 Å². The van der Waals surface area contributed by atoms with Crippen molar-refractivity contribution in [2.75, 3.05) is 40.5 Å². The summed E-state index contributed by atoms with van der Waals surface area (Å²) in [4.78, 5) is 92.7. The zero-order valence-electron chi connectivity index (χ0n) is 33.8. The minimum Gasteiger partial charge on any atom is -0.456 e. The van der Waals surface area contributed by atoms with Gasteiger partial charge in [-0.2, -0.15) is 8.75 Å². The molecule has 5 rings (SSSR count). The van der Waals surface area contributed by atoms with Gasteiger partial charge in [-0.25, -0.2) is 14.4 Å². The number of ketones is 2. The fraction of sp³-hybridized carbons (Fsp3) is 0.525. The third kappa shape index (κ3) is 10.4. The Morgan fingerprint density at radius 1 is 0.763 bits per heavy atom. The quantitative estimate of drug-likeness (QED) is 0.0813. The number of hydrogen-bond donors (Lipinski definition) is 3. The SMILES string of the molecule is COC(=O)NC(C(=O)N1CCCC1C(=O)OCC(=O)c1ccc(-c2ccc(C(=O)COC(O)C3CCCN3C(=O)C(NC(=O)OC)C(C)C)c3nsnc23)cc1)C(C)C. The second kappa shape index (κ2) is 20.0. The van der Waals surface area contributed by atoms with E-state index < -0.39 is 79.3 Å². The number of likely N-dealkylation sites (tertiary alicyclic amines) is 2. The molecule has 5 atom stereocenters. The third-order valence-electron chi connectivity index (χ3n) is 10.5. The highest BCUT2D eigenvalue weighted by atomic mass is 32.1. The molecule has 1 aromatic heterocycles. The first-order chi connectivity index (χ1) is 28.2. The Morgan fingerprint density at radius 2 is 1.34 bits per heavy atom. The van der Waals surface area contributed by atoms with Crippen molar-refractivity contribution in [2.45, 2.75) is 83.8 Å². The molecule has 5 unspecified atom stereocenters. The average molecular weight is 839 g/mol. The number of fused-ring (bicyclic) bond motifs is 1. The van der Waals surface area contributed by atoms with E-state index in [0.29, 0.717) is 60.9 Å². The van der Waals surface area contributed by atoms with Crippen molar-refractivity contribution >= 4 is 64.3 Å². The van der Waals surface area contributed by atoms with Crippen molar-refractivity contribution in [3.63, 3.8) is 0 Å². The first-order valence-corrected chi connectivity index (χ1v) is 20.1. The predicted molar refractivity (Wildman–Crippen MR) is 212 cm³/mol. The van der Waals surface area contributed by atoms with Gasteiger partial charge in [0.15, 0.2) is 24.5 Å². The first-order valence-electron chi connectivity index (χ1n) is 19.3. The van der Waals surface area contributed by atoms with Crippen LogP contribution in [0.25, 0.3) is 22.2 Å². The van der Waals surface area contributed by atoms with E-state index in [1.165, 1.54) is 24.0 Å². The molecule has 19 heteroatoms. The lowest BCUT2D eigenvalue weighted by Gasteiger charge is -2.32. The molecule has 2 saturated heterocycles. The van der Waals surface area contributed by atoms with Crippen LogP contribution >= 0.6 is 11.7 Å². The second-order valence-corrected chi connectivity index (χ2v) is 15.5. The van der Waals surface area contributed by atoms with Gasteiger partial charge in [0.05, 0.1) is 32.0 Å². The smallest absolute Gasteiger partial charge is 0.407 e. The number of esters is 1. The Hall–Kier alpha value is -5.53. The van der Waals surface area contributed by atoms with E-state index in [4.69, 9.17) is 9.47 Å². The lowest BCUT2D eigenvalue weighted by atomic mass is 9.98. The Kier molecular flexibility index (Phi) is 15.1. The number of hydrogen-bond acceptors (Lipinski definition) is 15. The van der Waals surface area contributed by atoms with E-state index in [1.807, 2.05) is 0 Å². The Balaban J connectivity index is 1.18. The number of benzene rings is 2. The zero-order valence-corrected chi connectivity index (χ0v) is 34.6. The molecular weight excluding hydrogens is 789 g/mol. The maximum absolute atomic E-state index is 13.4. The molecule has 18 nitrogen and oxygen atoms in total. The van der Waals surface area contributed by atoms with Crippen LogP contribution in [0.15, 0.2) is 36.4 Å². The zero-order chi connectivity index (χ0) is 43.0. The summed E-state index contributed by atoms with van der Waals surface area (Å²) in [5.74, 6) is -2.99. The van der Waals surface area contributed by atoms with Gasteiger partial charge in [0.1, 0.15) is 35.8 Å². The van der Waals surface area contributed by atoms with Crippen LogP contribution in [0.1, 0.15) is 74.1 Å². The highest BCUT2D eigenvalue weighted by Crippen LogP contribution is 2.31. The van der Waals surface area contributed by atoms with Crippen LogP contribution in [0.5, 0.6) is 0 Å². The minimum absolute atomic E-state index is 0.224. The van der Waals surface area contributed by atoms with E-state index in [-0.39, 0.29) is 28.9 Å². The van der Waals surface area contributed by atoms with Crippen molar-refractivity contribution in [1.29, 1.82) is 0 Å². The molecule has 318 valence electrons. The summed E-state index contributed by atoms with van der Waals surface area (Å²) in [6.45, 7) is 6.70. The van der Waals surface area contributed by atoms with Crippen LogP contribution in [0.2, 0.25) is 0 Å². The molecule has 0 radical (unpaired) electrons.